The topological polar surface area (TPSA) is 35.8 Å². The standard InChI is InChI=1S/C13H16N2/c1-13(2)7-12(13)15-9-11-5-3-4-10(6-11)8-14/h3-6,12,15H,7,9H2,1-2H3. The van der Waals surface area contributed by atoms with E-state index < -0.39 is 0 Å². The molecule has 0 radical (unpaired) electrons. The van der Waals surface area contributed by atoms with Crippen LogP contribution in [0.4, 0.5) is 0 Å². The van der Waals surface area contributed by atoms with E-state index in [2.05, 4.69) is 31.3 Å². The summed E-state index contributed by atoms with van der Waals surface area (Å²) in [6, 6.07) is 10.6. The Kier molecular flexibility index (Phi) is 2.50. The first-order valence-electron chi connectivity index (χ1n) is 5.34. The second-order valence-corrected chi connectivity index (χ2v) is 4.94. The summed E-state index contributed by atoms with van der Waals surface area (Å²) in [5.41, 5.74) is 2.40. The van der Waals surface area contributed by atoms with Gasteiger partial charge in [-0.1, -0.05) is 26.0 Å². The number of nitrogens with one attached hydrogen (secondary N) is 1. The second kappa shape index (κ2) is 3.67. The minimum Gasteiger partial charge on any atom is -0.309 e. The fourth-order valence-electron chi connectivity index (χ4n) is 1.81. The summed E-state index contributed by atoms with van der Waals surface area (Å²) < 4.78 is 0. The van der Waals surface area contributed by atoms with Crippen LogP contribution in [0, 0.1) is 16.7 Å². The third kappa shape index (κ3) is 2.37. The Morgan fingerprint density at radius 2 is 2.27 bits per heavy atom. The van der Waals surface area contributed by atoms with Crippen LogP contribution < -0.4 is 5.32 Å². The monoisotopic (exact) mass is 200 g/mol. The summed E-state index contributed by atoms with van der Waals surface area (Å²) in [4.78, 5) is 0. The van der Waals surface area contributed by atoms with Crippen LogP contribution in [0.1, 0.15) is 31.4 Å². The molecule has 0 heterocycles. The molecule has 0 aliphatic heterocycles. The van der Waals surface area contributed by atoms with Gasteiger partial charge in [-0.25, -0.2) is 0 Å². The largest absolute Gasteiger partial charge is 0.309 e. The maximum Gasteiger partial charge on any atom is 0.0991 e. The predicted octanol–water partition coefficient (Wildman–Crippen LogP) is 2.45. The minimum absolute atomic E-state index is 0.465. The first kappa shape index (κ1) is 10.2. The summed E-state index contributed by atoms with van der Waals surface area (Å²) in [6.45, 7) is 5.41. The van der Waals surface area contributed by atoms with Gasteiger partial charge >= 0.3 is 0 Å². The van der Waals surface area contributed by atoms with E-state index in [1.807, 2.05) is 18.2 Å². The number of hydrogen-bond donors (Lipinski definition) is 1. The molecule has 1 aromatic rings. The van der Waals surface area contributed by atoms with Crippen molar-refractivity contribution in [3.63, 3.8) is 0 Å². The van der Waals surface area contributed by atoms with Crippen molar-refractivity contribution < 1.29 is 0 Å². The SMILES string of the molecule is CC1(C)CC1NCc1cccc(C#N)c1. The molecule has 1 unspecified atom stereocenters. The molecule has 1 aliphatic rings. The maximum absolute atomic E-state index is 8.76. The molecule has 2 nitrogen and oxygen atoms in total. The highest BCUT2D eigenvalue weighted by Crippen LogP contribution is 2.44. The molecule has 1 N–H and O–H groups in total. The van der Waals surface area contributed by atoms with E-state index >= 15 is 0 Å². The highest BCUT2D eigenvalue weighted by molar-refractivity contribution is 5.32. The van der Waals surface area contributed by atoms with Crippen LogP contribution in [0.3, 0.4) is 0 Å². The molecule has 2 rings (SSSR count). The molecule has 0 saturated heterocycles. The molecule has 2 heteroatoms. The highest BCUT2D eigenvalue weighted by atomic mass is 15.0. The first-order chi connectivity index (χ1) is 7.12. The Labute approximate surface area is 90.9 Å². The molecule has 1 aliphatic carbocycles. The normalized spacial score (nSPS) is 22.1. The van der Waals surface area contributed by atoms with Crippen molar-refractivity contribution in [3.05, 3.63) is 35.4 Å². The summed E-state index contributed by atoms with van der Waals surface area (Å²) in [5, 5.41) is 12.3. The fourth-order valence-corrected chi connectivity index (χ4v) is 1.81. The quantitative estimate of drug-likeness (QED) is 0.813. The zero-order valence-corrected chi connectivity index (χ0v) is 9.25. The molecule has 1 aromatic carbocycles. The minimum atomic E-state index is 0.465. The Hall–Kier alpha value is -1.33. The van der Waals surface area contributed by atoms with Gasteiger partial charge in [-0.15, -0.1) is 0 Å². The third-order valence-electron chi connectivity index (χ3n) is 3.12. The lowest BCUT2D eigenvalue weighted by Crippen LogP contribution is -2.19. The zero-order valence-electron chi connectivity index (χ0n) is 9.25. The van der Waals surface area contributed by atoms with Crippen LogP contribution in [-0.4, -0.2) is 6.04 Å². The van der Waals surface area contributed by atoms with E-state index in [1.165, 1.54) is 12.0 Å². The summed E-state index contributed by atoms with van der Waals surface area (Å²) >= 11 is 0. The van der Waals surface area contributed by atoms with Crippen LogP contribution in [0.15, 0.2) is 24.3 Å². The van der Waals surface area contributed by atoms with Crippen LogP contribution in [0.5, 0.6) is 0 Å². The van der Waals surface area contributed by atoms with Crippen molar-refractivity contribution >= 4 is 0 Å². The number of hydrogen-bond acceptors (Lipinski definition) is 2. The smallest absolute Gasteiger partial charge is 0.0991 e. The van der Waals surface area contributed by atoms with Crippen molar-refractivity contribution in [1.82, 2.24) is 5.32 Å². The van der Waals surface area contributed by atoms with E-state index in [-0.39, 0.29) is 0 Å². The Balaban J connectivity index is 1.92. The first-order valence-corrected chi connectivity index (χ1v) is 5.34. The lowest BCUT2D eigenvalue weighted by Gasteiger charge is -2.06. The molecule has 0 bridgehead atoms. The van der Waals surface area contributed by atoms with Crippen molar-refractivity contribution in [2.75, 3.05) is 0 Å². The van der Waals surface area contributed by atoms with Gasteiger partial charge in [0, 0.05) is 12.6 Å². The number of nitriles is 1. The fraction of sp³-hybridized carbons (Fsp3) is 0.462. The maximum atomic E-state index is 8.76. The van der Waals surface area contributed by atoms with Crippen LogP contribution in [0.25, 0.3) is 0 Å². The molecule has 1 atom stereocenters. The molecule has 1 saturated carbocycles. The van der Waals surface area contributed by atoms with Crippen LogP contribution in [-0.2, 0) is 6.54 Å². The molecular formula is C13H16N2. The summed E-state index contributed by atoms with van der Waals surface area (Å²) in [7, 11) is 0. The highest BCUT2D eigenvalue weighted by Gasteiger charge is 2.44. The van der Waals surface area contributed by atoms with E-state index in [1.54, 1.807) is 0 Å². The van der Waals surface area contributed by atoms with Crippen molar-refractivity contribution in [2.24, 2.45) is 5.41 Å². The van der Waals surface area contributed by atoms with Gasteiger partial charge in [0.2, 0.25) is 0 Å². The van der Waals surface area contributed by atoms with Gasteiger partial charge in [-0.05, 0) is 29.5 Å². The van der Waals surface area contributed by atoms with Gasteiger partial charge in [0.1, 0.15) is 0 Å². The Morgan fingerprint density at radius 3 is 2.87 bits per heavy atom. The van der Waals surface area contributed by atoms with Crippen molar-refractivity contribution in [3.8, 4) is 6.07 Å². The molecule has 0 aromatic heterocycles. The molecule has 78 valence electrons. The average Bonchev–Trinajstić information content (AvgIpc) is 2.84. The number of rotatable bonds is 3. The molecule has 0 spiro atoms. The number of nitrogens with zero attached hydrogens (tertiary/aromatic N) is 1. The van der Waals surface area contributed by atoms with Gasteiger partial charge in [0.15, 0.2) is 0 Å². The van der Waals surface area contributed by atoms with Crippen molar-refractivity contribution in [2.45, 2.75) is 32.9 Å². The van der Waals surface area contributed by atoms with Crippen LogP contribution in [0.2, 0.25) is 0 Å². The molecular weight excluding hydrogens is 184 g/mol. The van der Waals surface area contributed by atoms with E-state index in [9.17, 15) is 0 Å². The predicted molar refractivity (Wildman–Crippen MR) is 60.2 cm³/mol. The van der Waals surface area contributed by atoms with E-state index in [0.717, 1.165) is 12.1 Å². The average molecular weight is 200 g/mol. The van der Waals surface area contributed by atoms with Gasteiger partial charge in [-0.2, -0.15) is 5.26 Å². The second-order valence-electron chi connectivity index (χ2n) is 4.94. The molecule has 15 heavy (non-hydrogen) atoms. The van der Waals surface area contributed by atoms with Gasteiger partial charge < -0.3 is 5.32 Å². The van der Waals surface area contributed by atoms with Gasteiger partial charge in [0.05, 0.1) is 11.6 Å². The van der Waals surface area contributed by atoms with Gasteiger partial charge in [-0.3, -0.25) is 0 Å². The Bertz CT molecular complexity index is 401. The lowest BCUT2D eigenvalue weighted by atomic mass is 10.1. The summed E-state index contributed by atoms with van der Waals surface area (Å²) in [6.07, 6.45) is 1.25. The molecule has 0 amide bonds. The number of benzene rings is 1. The van der Waals surface area contributed by atoms with Gasteiger partial charge in [0.25, 0.3) is 0 Å². The zero-order chi connectivity index (χ0) is 10.9. The third-order valence-corrected chi connectivity index (χ3v) is 3.12. The lowest BCUT2D eigenvalue weighted by molar-refractivity contribution is 0.542. The Morgan fingerprint density at radius 1 is 1.53 bits per heavy atom. The summed E-state index contributed by atoms with van der Waals surface area (Å²) in [5.74, 6) is 0. The van der Waals surface area contributed by atoms with E-state index in [4.69, 9.17) is 5.26 Å². The van der Waals surface area contributed by atoms with Crippen molar-refractivity contribution in [1.29, 1.82) is 5.26 Å². The van der Waals surface area contributed by atoms with Crippen LogP contribution >= 0.6 is 0 Å². The molecule has 1 fully saturated rings. The van der Waals surface area contributed by atoms with E-state index in [0.29, 0.717) is 11.5 Å².